The Morgan fingerprint density at radius 2 is 2.41 bits per heavy atom. The van der Waals surface area contributed by atoms with Crippen LogP contribution in [0.25, 0.3) is 0 Å². The summed E-state index contributed by atoms with van der Waals surface area (Å²) >= 11 is 0. The molecule has 0 amide bonds. The number of aromatic nitrogens is 3. The summed E-state index contributed by atoms with van der Waals surface area (Å²) in [7, 11) is 2.08. The van der Waals surface area contributed by atoms with Crippen LogP contribution in [0.3, 0.4) is 0 Å². The third-order valence-electron chi connectivity index (χ3n) is 3.29. The summed E-state index contributed by atoms with van der Waals surface area (Å²) in [5, 5.41) is 16.1. The molecule has 17 heavy (non-hydrogen) atoms. The summed E-state index contributed by atoms with van der Waals surface area (Å²) in [5.41, 5.74) is 0.00321. The summed E-state index contributed by atoms with van der Waals surface area (Å²) in [4.78, 5) is 12.9. The highest BCUT2D eigenvalue weighted by Crippen LogP contribution is 2.37. The van der Waals surface area contributed by atoms with Crippen LogP contribution in [0.2, 0.25) is 0 Å². The Kier molecular flexibility index (Phi) is 3.42. The van der Waals surface area contributed by atoms with Gasteiger partial charge in [0.25, 0.3) is 0 Å². The van der Waals surface area contributed by atoms with E-state index in [1.54, 1.807) is 4.68 Å². The molecule has 0 spiro atoms. The number of rotatable bonds is 6. The Morgan fingerprint density at radius 3 is 2.94 bits per heavy atom. The lowest BCUT2D eigenvalue weighted by Crippen LogP contribution is -2.26. The largest absolute Gasteiger partial charge is 0.476 e. The SMILES string of the molecule is CC1CC1CN(C)CCn1cc(C(=O)O)nn1. The number of likely N-dealkylation sites (N-methyl/N-ethyl adjacent to an activating group) is 1. The zero-order valence-electron chi connectivity index (χ0n) is 10.2. The summed E-state index contributed by atoms with van der Waals surface area (Å²) in [6, 6.07) is 0. The molecule has 1 aromatic rings. The van der Waals surface area contributed by atoms with E-state index in [1.165, 1.54) is 12.6 Å². The normalized spacial score (nSPS) is 23.0. The second-order valence-electron chi connectivity index (χ2n) is 4.91. The van der Waals surface area contributed by atoms with Crippen molar-refractivity contribution in [2.45, 2.75) is 19.9 Å². The van der Waals surface area contributed by atoms with Gasteiger partial charge < -0.3 is 10.0 Å². The van der Waals surface area contributed by atoms with Crippen LogP contribution in [0.5, 0.6) is 0 Å². The summed E-state index contributed by atoms with van der Waals surface area (Å²) in [5.74, 6) is 0.671. The number of carbonyl (C=O) groups is 1. The van der Waals surface area contributed by atoms with Gasteiger partial charge in [0, 0.05) is 13.1 Å². The molecule has 6 nitrogen and oxygen atoms in total. The van der Waals surface area contributed by atoms with Crippen LogP contribution in [0, 0.1) is 11.8 Å². The van der Waals surface area contributed by atoms with Gasteiger partial charge in [-0.15, -0.1) is 5.10 Å². The van der Waals surface area contributed by atoms with Crippen LogP contribution < -0.4 is 0 Å². The van der Waals surface area contributed by atoms with Crippen molar-refractivity contribution in [2.24, 2.45) is 11.8 Å². The molecule has 1 fully saturated rings. The van der Waals surface area contributed by atoms with Gasteiger partial charge in [0.05, 0.1) is 12.7 Å². The standard InChI is InChI=1S/C11H18N4O2/c1-8-5-9(8)6-14(2)3-4-15-7-10(11(16)17)12-13-15/h7-9H,3-6H2,1-2H3,(H,16,17). The summed E-state index contributed by atoms with van der Waals surface area (Å²) in [6.07, 6.45) is 2.80. The van der Waals surface area contributed by atoms with Gasteiger partial charge in [-0.1, -0.05) is 12.1 Å². The first-order chi connectivity index (χ1) is 8.06. The smallest absolute Gasteiger partial charge is 0.358 e. The minimum Gasteiger partial charge on any atom is -0.476 e. The van der Waals surface area contributed by atoms with Crippen molar-refractivity contribution in [3.8, 4) is 0 Å². The second kappa shape index (κ2) is 4.83. The Bertz CT molecular complexity index is 404. The van der Waals surface area contributed by atoms with E-state index in [1.807, 2.05) is 0 Å². The molecule has 2 atom stereocenters. The molecule has 0 saturated heterocycles. The molecule has 1 saturated carbocycles. The fourth-order valence-corrected chi connectivity index (χ4v) is 1.92. The molecule has 2 rings (SSSR count). The van der Waals surface area contributed by atoms with Crippen molar-refractivity contribution in [3.63, 3.8) is 0 Å². The first-order valence-electron chi connectivity index (χ1n) is 5.88. The monoisotopic (exact) mass is 238 g/mol. The average molecular weight is 238 g/mol. The first kappa shape index (κ1) is 12.0. The Balaban J connectivity index is 1.74. The third kappa shape index (κ3) is 3.26. The van der Waals surface area contributed by atoms with Gasteiger partial charge in [0.15, 0.2) is 5.69 Å². The molecule has 0 aromatic carbocycles. The van der Waals surface area contributed by atoms with E-state index in [0.717, 1.165) is 24.9 Å². The fourth-order valence-electron chi connectivity index (χ4n) is 1.92. The molecule has 1 heterocycles. The molecule has 1 N–H and O–H groups in total. The van der Waals surface area contributed by atoms with Crippen molar-refractivity contribution in [1.82, 2.24) is 19.9 Å². The highest BCUT2D eigenvalue weighted by atomic mass is 16.4. The van der Waals surface area contributed by atoms with E-state index in [4.69, 9.17) is 5.11 Å². The lowest BCUT2D eigenvalue weighted by molar-refractivity contribution is 0.0690. The highest BCUT2D eigenvalue weighted by molar-refractivity contribution is 5.84. The molecule has 1 aliphatic carbocycles. The van der Waals surface area contributed by atoms with Crippen LogP contribution in [0.1, 0.15) is 23.8 Å². The van der Waals surface area contributed by atoms with Crippen molar-refractivity contribution >= 4 is 5.97 Å². The van der Waals surface area contributed by atoms with Gasteiger partial charge in [0.2, 0.25) is 0 Å². The molecule has 1 aromatic heterocycles. The molecule has 1 aliphatic rings. The third-order valence-corrected chi connectivity index (χ3v) is 3.29. The van der Waals surface area contributed by atoms with E-state index >= 15 is 0 Å². The zero-order valence-corrected chi connectivity index (χ0v) is 10.2. The lowest BCUT2D eigenvalue weighted by atomic mass is 10.3. The first-order valence-corrected chi connectivity index (χ1v) is 5.88. The maximum Gasteiger partial charge on any atom is 0.358 e. The molecule has 94 valence electrons. The van der Waals surface area contributed by atoms with Crippen LogP contribution in [-0.2, 0) is 6.54 Å². The van der Waals surface area contributed by atoms with Crippen LogP contribution in [0.4, 0.5) is 0 Å². The van der Waals surface area contributed by atoms with Gasteiger partial charge in [-0.3, -0.25) is 4.68 Å². The molecule has 0 aliphatic heterocycles. The number of nitrogens with zero attached hydrogens (tertiary/aromatic N) is 4. The molecule has 0 radical (unpaired) electrons. The van der Waals surface area contributed by atoms with Crippen LogP contribution in [0.15, 0.2) is 6.20 Å². The molecular formula is C11H18N4O2. The number of hydrogen-bond acceptors (Lipinski definition) is 4. The van der Waals surface area contributed by atoms with E-state index < -0.39 is 5.97 Å². The highest BCUT2D eigenvalue weighted by Gasteiger charge is 2.32. The van der Waals surface area contributed by atoms with Crippen molar-refractivity contribution in [1.29, 1.82) is 0 Å². The molecule has 6 heteroatoms. The maximum atomic E-state index is 10.6. The van der Waals surface area contributed by atoms with Crippen molar-refractivity contribution in [3.05, 3.63) is 11.9 Å². The Hall–Kier alpha value is -1.43. The van der Waals surface area contributed by atoms with Crippen LogP contribution in [-0.4, -0.2) is 51.1 Å². The second-order valence-corrected chi connectivity index (χ2v) is 4.91. The van der Waals surface area contributed by atoms with Gasteiger partial charge >= 0.3 is 5.97 Å². The molecular weight excluding hydrogens is 220 g/mol. The topological polar surface area (TPSA) is 71.2 Å². The van der Waals surface area contributed by atoms with Crippen molar-refractivity contribution in [2.75, 3.05) is 20.1 Å². The molecule has 2 unspecified atom stereocenters. The average Bonchev–Trinajstić information content (AvgIpc) is 2.81. The summed E-state index contributed by atoms with van der Waals surface area (Å²) < 4.78 is 1.58. The van der Waals surface area contributed by atoms with E-state index in [2.05, 4.69) is 29.2 Å². The number of aromatic carboxylic acids is 1. The number of carboxylic acid groups (broad SMARTS) is 1. The fraction of sp³-hybridized carbons (Fsp3) is 0.727. The van der Waals surface area contributed by atoms with Gasteiger partial charge in [-0.2, -0.15) is 0 Å². The minimum absolute atomic E-state index is 0.00321. The van der Waals surface area contributed by atoms with Crippen LogP contribution >= 0.6 is 0 Å². The van der Waals surface area contributed by atoms with Gasteiger partial charge in [-0.05, 0) is 25.3 Å². The lowest BCUT2D eigenvalue weighted by Gasteiger charge is -2.15. The number of hydrogen-bond donors (Lipinski definition) is 1. The molecule has 0 bridgehead atoms. The Morgan fingerprint density at radius 1 is 1.71 bits per heavy atom. The maximum absolute atomic E-state index is 10.6. The quantitative estimate of drug-likeness (QED) is 0.784. The predicted octanol–water partition coefficient (Wildman–Crippen LogP) is 0.564. The van der Waals surface area contributed by atoms with E-state index in [0.29, 0.717) is 6.54 Å². The van der Waals surface area contributed by atoms with Gasteiger partial charge in [-0.25, -0.2) is 4.79 Å². The van der Waals surface area contributed by atoms with Crippen molar-refractivity contribution < 1.29 is 9.90 Å². The predicted molar refractivity (Wildman–Crippen MR) is 61.7 cm³/mol. The zero-order chi connectivity index (χ0) is 12.4. The Labute approximate surface area is 100 Å². The van der Waals surface area contributed by atoms with E-state index in [9.17, 15) is 4.79 Å². The summed E-state index contributed by atoms with van der Waals surface area (Å²) in [6.45, 7) is 4.93. The minimum atomic E-state index is -1.03. The van der Waals surface area contributed by atoms with E-state index in [-0.39, 0.29) is 5.69 Å². The number of carboxylic acids is 1. The van der Waals surface area contributed by atoms with Gasteiger partial charge in [0.1, 0.15) is 0 Å².